The number of aromatic nitrogens is 3. The number of hydrogen-bond donors (Lipinski definition) is 0. The number of ether oxygens (including phenoxy) is 1. The molecule has 2 aromatic heterocycles. The lowest BCUT2D eigenvalue weighted by atomic mass is 10.1. The Hall–Kier alpha value is -2.19. The Labute approximate surface area is 153 Å². The van der Waals surface area contributed by atoms with E-state index in [0.717, 1.165) is 63.9 Å². The van der Waals surface area contributed by atoms with Crippen LogP contribution in [0.2, 0.25) is 0 Å². The Morgan fingerprint density at radius 1 is 1.15 bits per heavy atom. The molecule has 0 bridgehead atoms. The number of rotatable bonds is 4. The lowest BCUT2D eigenvalue weighted by molar-refractivity contribution is -0.133. The van der Waals surface area contributed by atoms with E-state index in [1.54, 1.807) is 10.7 Å². The van der Waals surface area contributed by atoms with Crippen molar-refractivity contribution in [1.29, 1.82) is 0 Å². The summed E-state index contributed by atoms with van der Waals surface area (Å²) in [6, 6.07) is 4.25. The number of carbonyl (C=O) groups is 1. The number of fused-ring (bicyclic) bond motifs is 1. The van der Waals surface area contributed by atoms with E-state index in [1.807, 2.05) is 23.2 Å². The molecule has 2 aliphatic rings. The topological polar surface area (TPSA) is 66.2 Å². The highest BCUT2D eigenvalue weighted by molar-refractivity contribution is 5.77. The van der Waals surface area contributed by atoms with Gasteiger partial charge in [-0.05, 0) is 19.1 Å². The number of piperazine rings is 1. The summed E-state index contributed by atoms with van der Waals surface area (Å²) in [5, 5.41) is 4.60. The minimum absolute atomic E-state index is 0.252. The van der Waals surface area contributed by atoms with Crippen LogP contribution in [0.25, 0.3) is 5.65 Å². The van der Waals surface area contributed by atoms with E-state index in [-0.39, 0.29) is 11.9 Å². The van der Waals surface area contributed by atoms with Gasteiger partial charge in [-0.3, -0.25) is 9.69 Å². The fourth-order valence-corrected chi connectivity index (χ4v) is 3.69. The zero-order chi connectivity index (χ0) is 17.9. The molecule has 0 spiro atoms. The van der Waals surface area contributed by atoms with Crippen molar-refractivity contribution in [3.8, 4) is 0 Å². The van der Waals surface area contributed by atoms with Crippen molar-refractivity contribution in [2.45, 2.75) is 19.4 Å². The smallest absolute Gasteiger partial charge is 0.224 e. The van der Waals surface area contributed by atoms with Gasteiger partial charge in [0.1, 0.15) is 5.82 Å². The Morgan fingerprint density at radius 3 is 2.69 bits per heavy atom. The summed E-state index contributed by atoms with van der Waals surface area (Å²) in [5.74, 6) is 1.19. The zero-order valence-corrected chi connectivity index (χ0v) is 15.3. The highest BCUT2D eigenvalue weighted by Gasteiger charge is 2.25. The molecular weight excluding hydrogens is 332 g/mol. The van der Waals surface area contributed by atoms with E-state index in [4.69, 9.17) is 4.74 Å². The van der Waals surface area contributed by atoms with Crippen LogP contribution in [-0.4, -0.2) is 88.8 Å². The monoisotopic (exact) mass is 358 g/mol. The fourth-order valence-electron chi connectivity index (χ4n) is 3.69. The van der Waals surface area contributed by atoms with Crippen molar-refractivity contribution in [3.05, 3.63) is 24.5 Å². The van der Waals surface area contributed by atoms with Crippen molar-refractivity contribution >= 4 is 17.4 Å². The first-order valence-corrected chi connectivity index (χ1v) is 9.35. The Kier molecular flexibility index (Phi) is 5.03. The average Bonchev–Trinajstić information content (AvgIpc) is 3.16. The third kappa shape index (κ3) is 3.66. The quantitative estimate of drug-likeness (QED) is 0.793. The summed E-state index contributed by atoms with van der Waals surface area (Å²) < 4.78 is 7.18. The molecule has 0 saturated carbocycles. The van der Waals surface area contributed by atoms with Gasteiger partial charge in [-0.1, -0.05) is 0 Å². The second kappa shape index (κ2) is 7.59. The van der Waals surface area contributed by atoms with Crippen molar-refractivity contribution in [2.75, 3.05) is 57.4 Å². The molecule has 4 heterocycles. The highest BCUT2D eigenvalue weighted by Crippen LogP contribution is 2.16. The lowest BCUT2D eigenvalue weighted by Gasteiger charge is -2.37. The summed E-state index contributed by atoms with van der Waals surface area (Å²) in [7, 11) is 0. The molecule has 0 aliphatic carbocycles. The van der Waals surface area contributed by atoms with Gasteiger partial charge in [-0.15, -0.1) is 5.10 Å². The normalized spacial score (nSPS) is 20.5. The third-order valence-corrected chi connectivity index (χ3v) is 5.34. The van der Waals surface area contributed by atoms with Crippen molar-refractivity contribution < 1.29 is 9.53 Å². The SMILES string of the molecule is CC(CC(=O)N1CCN(c2ccc3nccn3n2)CC1)N1CCOCC1. The molecule has 140 valence electrons. The van der Waals surface area contributed by atoms with Crippen LogP contribution in [-0.2, 0) is 9.53 Å². The van der Waals surface area contributed by atoms with Gasteiger partial charge in [0.15, 0.2) is 5.65 Å². The molecule has 2 saturated heterocycles. The van der Waals surface area contributed by atoms with Crippen LogP contribution in [0.5, 0.6) is 0 Å². The maximum absolute atomic E-state index is 12.7. The lowest BCUT2D eigenvalue weighted by Crippen LogP contribution is -2.51. The van der Waals surface area contributed by atoms with Crippen molar-refractivity contribution in [3.63, 3.8) is 0 Å². The molecule has 4 rings (SSSR count). The molecule has 8 heteroatoms. The second-order valence-electron chi connectivity index (χ2n) is 6.99. The van der Waals surface area contributed by atoms with E-state index < -0.39 is 0 Å². The summed E-state index contributed by atoms with van der Waals surface area (Å²) in [5.41, 5.74) is 0.847. The minimum Gasteiger partial charge on any atom is -0.379 e. The van der Waals surface area contributed by atoms with Crippen LogP contribution in [0.3, 0.4) is 0 Å². The Morgan fingerprint density at radius 2 is 1.92 bits per heavy atom. The molecule has 26 heavy (non-hydrogen) atoms. The van der Waals surface area contributed by atoms with Gasteiger partial charge in [0.05, 0.1) is 13.2 Å². The number of imidazole rings is 1. The van der Waals surface area contributed by atoms with E-state index >= 15 is 0 Å². The van der Waals surface area contributed by atoms with E-state index in [0.29, 0.717) is 6.42 Å². The number of morpholine rings is 1. The van der Waals surface area contributed by atoms with E-state index in [2.05, 4.69) is 26.8 Å². The molecule has 0 radical (unpaired) electrons. The number of amides is 1. The first-order valence-electron chi connectivity index (χ1n) is 9.35. The third-order valence-electron chi connectivity index (χ3n) is 5.34. The van der Waals surface area contributed by atoms with Crippen LogP contribution in [0.15, 0.2) is 24.5 Å². The molecular formula is C18H26N6O2. The number of nitrogens with zero attached hydrogens (tertiary/aromatic N) is 6. The van der Waals surface area contributed by atoms with Gasteiger partial charge < -0.3 is 14.5 Å². The molecule has 2 aliphatic heterocycles. The predicted octanol–water partition coefficient (Wildman–Crippen LogP) is 0.489. The van der Waals surface area contributed by atoms with Crippen molar-refractivity contribution in [1.82, 2.24) is 24.4 Å². The maximum atomic E-state index is 12.7. The molecule has 0 aromatic carbocycles. The van der Waals surface area contributed by atoms with Gasteiger partial charge in [-0.25, -0.2) is 9.50 Å². The first kappa shape index (κ1) is 17.2. The van der Waals surface area contributed by atoms with Crippen LogP contribution < -0.4 is 4.90 Å². The first-order chi connectivity index (χ1) is 12.7. The largest absolute Gasteiger partial charge is 0.379 e. The molecule has 2 fully saturated rings. The van der Waals surface area contributed by atoms with Gasteiger partial charge in [-0.2, -0.15) is 0 Å². The van der Waals surface area contributed by atoms with Crippen LogP contribution >= 0.6 is 0 Å². The van der Waals surface area contributed by atoms with Gasteiger partial charge >= 0.3 is 0 Å². The predicted molar refractivity (Wildman–Crippen MR) is 98.3 cm³/mol. The molecule has 2 aromatic rings. The molecule has 0 N–H and O–H groups in total. The zero-order valence-electron chi connectivity index (χ0n) is 15.3. The van der Waals surface area contributed by atoms with Crippen molar-refractivity contribution in [2.24, 2.45) is 0 Å². The van der Waals surface area contributed by atoms with Gasteiger partial charge in [0, 0.05) is 64.1 Å². The van der Waals surface area contributed by atoms with Crippen LogP contribution in [0.4, 0.5) is 5.82 Å². The summed E-state index contributed by atoms with van der Waals surface area (Å²) in [4.78, 5) is 23.4. The number of hydrogen-bond acceptors (Lipinski definition) is 6. The fraction of sp³-hybridized carbons (Fsp3) is 0.611. The summed E-state index contributed by atoms with van der Waals surface area (Å²) in [6.45, 7) is 8.64. The van der Waals surface area contributed by atoms with E-state index in [1.165, 1.54) is 0 Å². The van der Waals surface area contributed by atoms with Crippen LogP contribution in [0, 0.1) is 0 Å². The summed E-state index contributed by atoms with van der Waals surface area (Å²) >= 11 is 0. The molecule has 1 unspecified atom stereocenters. The van der Waals surface area contributed by atoms with E-state index in [9.17, 15) is 4.79 Å². The number of anilines is 1. The molecule has 1 atom stereocenters. The Bertz CT molecular complexity index is 749. The summed E-state index contributed by atoms with van der Waals surface area (Å²) in [6.07, 6.45) is 4.18. The standard InChI is InChI=1S/C18H26N6O2/c1-15(21-10-12-26-13-11-21)14-18(25)23-8-6-22(7-9-23)17-3-2-16-19-4-5-24(16)20-17/h2-5,15H,6-14H2,1H3. The van der Waals surface area contributed by atoms with Gasteiger partial charge in [0.2, 0.25) is 5.91 Å². The minimum atomic E-state index is 0.252. The average molecular weight is 358 g/mol. The number of carbonyl (C=O) groups excluding carboxylic acids is 1. The van der Waals surface area contributed by atoms with Gasteiger partial charge in [0.25, 0.3) is 0 Å². The molecule has 1 amide bonds. The molecule has 8 nitrogen and oxygen atoms in total. The second-order valence-corrected chi connectivity index (χ2v) is 6.99. The Balaban J connectivity index is 1.30. The van der Waals surface area contributed by atoms with Crippen LogP contribution in [0.1, 0.15) is 13.3 Å². The highest BCUT2D eigenvalue weighted by atomic mass is 16.5. The maximum Gasteiger partial charge on any atom is 0.224 e.